The van der Waals surface area contributed by atoms with Gasteiger partial charge in [-0.25, -0.2) is 0 Å². The van der Waals surface area contributed by atoms with Gasteiger partial charge in [-0.1, -0.05) is 36.4 Å². The number of nitrogens with zero attached hydrogens (tertiary/aromatic N) is 1. The molecule has 0 bridgehead atoms. The van der Waals surface area contributed by atoms with Crippen molar-refractivity contribution in [2.45, 2.75) is 19.0 Å². The molecule has 102 valence electrons. The highest BCUT2D eigenvalue weighted by Gasteiger charge is 2.30. The van der Waals surface area contributed by atoms with E-state index in [4.69, 9.17) is 5.26 Å². The summed E-state index contributed by atoms with van der Waals surface area (Å²) in [6, 6.07) is 14.8. The third-order valence-corrected chi connectivity index (χ3v) is 3.08. The van der Waals surface area contributed by atoms with Gasteiger partial charge in [-0.2, -0.15) is 18.4 Å². The minimum atomic E-state index is -4.41. The minimum absolute atomic E-state index is 0.0933. The lowest BCUT2D eigenvalue weighted by molar-refractivity contribution is -0.137. The summed E-state index contributed by atoms with van der Waals surface area (Å²) in [5.74, 6) is 0. The highest BCUT2D eigenvalue weighted by atomic mass is 19.4. The summed E-state index contributed by atoms with van der Waals surface area (Å²) in [7, 11) is 0. The van der Waals surface area contributed by atoms with Crippen molar-refractivity contribution >= 4 is 0 Å². The van der Waals surface area contributed by atoms with Crippen LogP contribution in [0.5, 0.6) is 0 Å². The number of benzene rings is 2. The van der Waals surface area contributed by atoms with Crippen molar-refractivity contribution in [3.05, 3.63) is 70.8 Å². The standard InChI is InChI=1S/C16H12F3N/c17-16(18,19)15-9-8-13(14(10-15)11-20)7-6-12-4-2-1-3-5-12/h1-5,8-10H,6-7H2. The van der Waals surface area contributed by atoms with Crippen molar-refractivity contribution in [1.29, 1.82) is 5.26 Å². The first kappa shape index (κ1) is 14.1. The molecule has 4 heteroatoms. The van der Waals surface area contributed by atoms with E-state index >= 15 is 0 Å². The molecule has 0 spiro atoms. The molecule has 0 aliphatic rings. The van der Waals surface area contributed by atoms with Gasteiger partial charge < -0.3 is 0 Å². The molecule has 0 aliphatic carbocycles. The fourth-order valence-corrected chi connectivity index (χ4v) is 2.00. The molecule has 2 aromatic carbocycles. The van der Waals surface area contributed by atoms with Crippen LogP contribution in [0.3, 0.4) is 0 Å². The second-order valence-electron chi connectivity index (χ2n) is 4.47. The Bertz CT molecular complexity index is 624. The van der Waals surface area contributed by atoms with Gasteiger partial charge in [0.2, 0.25) is 0 Å². The molecule has 0 heterocycles. The Morgan fingerprint density at radius 2 is 1.65 bits per heavy atom. The zero-order valence-corrected chi connectivity index (χ0v) is 10.6. The Morgan fingerprint density at radius 1 is 0.950 bits per heavy atom. The lowest BCUT2D eigenvalue weighted by Gasteiger charge is -2.10. The van der Waals surface area contributed by atoms with Gasteiger partial charge in [-0.05, 0) is 36.1 Å². The van der Waals surface area contributed by atoms with Crippen molar-refractivity contribution in [2.75, 3.05) is 0 Å². The third-order valence-electron chi connectivity index (χ3n) is 3.08. The van der Waals surface area contributed by atoms with E-state index in [0.717, 1.165) is 17.7 Å². The van der Waals surface area contributed by atoms with Crippen molar-refractivity contribution in [1.82, 2.24) is 0 Å². The summed E-state index contributed by atoms with van der Waals surface area (Å²) in [6.07, 6.45) is -3.17. The molecule has 0 saturated heterocycles. The number of hydrogen-bond donors (Lipinski definition) is 0. The fraction of sp³-hybridized carbons (Fsp3) is 0.188. The van der Waals surface area contributed by atoms with E-state index in [-0.39, 0.29) is 5.56 Å². The van der Waals surface area contributed by atoms with E-state index in [1.807, 2.05) is 36.4 Å². The Balaban J connectivity index is 2.19. The van der Waals surface area contributed by atoms with Crippen LogP contribution in [0.15, 0.2) is 48.5 Å². The molecular weight excluding hydrogens is 263 g/mol. The van der Waals surface area contributed by atoms with Gasteiger partial charge >= 0.3 is 6.18 Å². The van der Waals surface area contributed by atoms with Crippen LogP contribution < -0.4 is 0 Å². The molecule has 20 heavy (non-hydrogen) atoms. The maximum Gasteiger partial charge on any atom is 0.416 e. The number of hydrogen-bond acceptors (Lipinski definition) is 1. The van der Waals surface area contributed by atoms with E-state index in [1.165, 1.54) is 6.07 Å². The molecule has 0 amide bonds. The normalized spacial score (nSPS) is 11.1. The molecule has 1 nitrogen and oxygen atoms in total. The molecular formula is C16H12F3N. The molecule has 0 aliphatic heterocycles. The largest absolute Gasteiger partial charge is 0.416 e. The van der Waals surface area contributed by atoms with Crippen molar-refractivity contribution in [3.63, 3.8) is 0 Å². The molecule has 0 atom stereocenters. The number of nitriles is 1. The highest BCUT2D eigenvalue weighted by molar-refractivity contribution is 5.42. The molecule has 0 saturated carbocycles. The lowest BCUT2D eigenvalue weighted by atomic mass is 9.98. The van der Waals surface area contributed by atoms with Gasteiger partial charge in [0.1, 0.15) is 0 Å². The van der Waals surface area contributed by atoms with Gasteiger partial charge in [-0.3, -0.25) is 0 Å². The number of aryl methyl sites for hydroxylation is 2. The molecule has 2 aromatic rings. The zero-order valence-electron chi connectivity index (χ0n) is 10.6. The zero-order chi connectivity index (χ0) is 14.6. The van der Waals surface area contributed by atoms with E-state index in [0.29, 0.717) is 18.4 Å². The molecule has 2 rings (SSSR count). The van der Waals surface area contributed by atoms with Crippen LogP contribution in [-0.4, -0.2) is 0 Å². The predicted octanol–water partition coefficient (Wildman–Crippen LogP) is 4.36. The van der Waals surface area contributed by atoms with Gasteiger partial charge in [0, 0.05) is 0 Å². The first-order chi connectivity index (χ1) is 9.50. The Morgan fingerprint density at radius 3 is 2.25 bits per heavy atom. The highest BCUT2D eigenvalue weighted by Crippen LogP contribution is 2.30. The molecule has 0 radical (unpaired) electrons. The summed E-state index contributed by atoms with van der Waals surface area (Å²) in [5, 5.41) is 8.99. The maximum absolute atomic E-state index is 12.6. The van der Waals surface area contributed by atoms with Gasteiger partial charge in [-0.15, -0.1) is 0 Å². The Hall–Kier alpha value is -2.28. The molecule has 0 N–H and O–H groups in total. The van der Waals surface area contributed by atoms with Crippen molar-refractivity contribution in [2.24, 2.45) is 0 Å². The van der Waals surface area contributed by atoms with Crippen molar-refractivity contribution in [3.8, 4) is 6.07 Å². The summed E-state index contributed by atoms with van der Waals surface area (Å²) in [5.41, 5.74) is 1.05. The number of halogens is 3. The van der Waals surface area contributed by atoms with E-state index in [1.54, 1.807) is 0 Å². The van der Waals surface area contributed by atoms with Crippen LogP contribution in [0.25, 0.3) is 0 Å². The summed E-state index contributed by atoms with van der Waals surface area (Å²) in [4.78, 5) is 0. The Labute approximate surface area is 115 Å². The summed E-state index contributed by atoms with van der Waals surface area (Å²) in [6.45, 7) is 0. The average Bonchev–Trinajstić information content (AvgIpc) is 2.45. The molecule has 0 fully saturated rings. The summed E-state index contributed by atoms with van der Waals surface area (Å²) < 4.78 is 37.7. The minimum Gasteiger partial charge on any atom is -0.192 e. The SMILES string of the molecule is N#Cc1cc(C(F)(F)F)ccc1CCc1ccccc1. The van der Waals surface area contributed by atoms with Crippen LogP contribution >= 0.6 is 0 Å². The molecule has 0 unspecified atom stereocenters. The maximum atomic E-state index is 12.6. The quantitative estimate of drug-likeness (QED) is 0.816. The van der Waals surface area contributed by atoms with Crippen molar-refractivity contribution < 1.29 is 13.2 Å². The third kappa shape index (κ3) is 3.39. The van der Waals surface area contributed by atoms with Crippen LogP contribution in [0, 0.1) is 11.3 Å². The monoisotopic (exact) mass is 275 g/mol. The number of rotatable bonds is 3. The van der Waals surface area contributed by atoms with Crippen LogP contribution in [-0.2, 0) is 19.0 Å². The lowest BCUT2D eigenvalue weighted by Crippen LogP contribution is -2.06. The van der Waals surface area contributed by atoms with E-state index < -0.39 is 11.7 Å². The van der Waals surface area contributed by atoms with Gasteiger partial charge in [0.05, 0.1) is 17.2 Å². The smallest absolute Gasteiger partial charge is 0.192 e. The van der Waals surface area contributed by atoms with Crippen LogP contribution in [0.2, 0.25) is 0 Å². The predicted molar refractivity (Wildman–Crippen MR) is 70.0 cm³/mol. The second kappa shape index (κ2) is 5.79. The fourth-order valence-electron chi connectivity index (χ4n) is 2.00. The first-order valence-corrected chi connectivity index (χ1v) is 6.15. The van der Waals surface area contributed by atoms with Gasteiger partial charge in [0.15, 0.2) is 0 Å². The number of alkyl halides is 3. The summed E-state index contributed by atoms with van der Waals surface area (Å²) >= 11 is 0. The van der Waals surface area contributed by atoms with Gasteiger partial charge in [0.25, 0.3) is 0 Å². The van der Waals surface area contributed by atoms with Crippen LogP contribution in [0.4, 0.5) is 13.2 Å². The Kier molecular flexibility index (Phi) is 4.09. The average molecular weight is 275 g/mol. The second-order valence-corrected chi connectivity index (χ2v) is 4.47. The first-order valence-electron chi connectivity index (χ1n) is 6.15. The van der Waals surface area contributed by atoms with E-state index in [9.17, 15) is 13.2 Å². The van der Waals surface area contributed by atoms with Crippen LogP contribution in [0.1, 0.15) is 22.3 Å². The van der Waals surface area contributed by atoms with E-state index in [2.05, 4.69) is 0 Å². The molecule has 0 aromatic heterocycles. The topological polar surface area (TPSA) is 23.8 Å².